The largest absolute Gasteiger partial charge is 0.349 e. The summed E-state index contributed by atoms with van der Waals surface area (Å²) in [7, 11) is 3.94. The van der Waals surface area contributed by atoms with E-state index in [1.807, 2.05) is 57.1 Å². The first kappa shape index (κ1) is 19.3. The van der Waals surface area contributed by atoms with E-state index in [1.165, 1.54) is 6.33 Å². The number of rotatable bonds is 6. The van der Waals surface area contributed by atoms with Crippen molar-refractivity contribution >= 4 is 23.2 Å². The van der Waals surface area contributed by atoms with Crippen LogP contribution in [-0.2, 0) is 0 Å². The van der Waals surface area contributed by atoms with Crippen molar-refractivity contribution in [2.24, 2.45) is 0 Å². The molecule has 0 fully saturated rings. The minimum absolute atomic E-state index is 0.00383. The van der Waals surface area contributed by atoms with Crippen LogP contribution < -0.4 is 5.32 Å². The smallest absolute Gasteiger partial charge is 0.271 e. The number of aromatic nitrogens is 4. The monoisotopic (exact) mass is 386 g/mol. The van der Waals surface area contributed by atoms with Crippen LogP contribution in [0.15, 0.2) is 36.7 Å². The van der Waals surface area contributed by atoms with Crippen LogP contribution in [0.4, 0.5) is 0 Å². The van der Waals surface area contributed by atoms with Crippen molar-refractivity contribution in [3.8, 4) is 0 Å². The van der Waals surface area contributed by atoms with Crippen LogP contribution in [0.2, 0.25) is 5.02 Å². The van der Waals surface area contributed by atoms with Crippen molar-refractivity contribution in [2.75, 3.05) is 20.6 Å². The van der Waals surface area contributed by atoms with Crippen LogP contribution in [0.5, 0.6) is 0 Å². The zero-order chi connectivity index (χ0) is 19.6. The molecule has 0 saturated heterocycles. The highest BCUT2D eigenvalue weighted by Gasteiger charge is 2.19. The fraction of sp³-hybridized carbons (Fsp3) is 0.368. The van der Waals surface area contributed by atoms with Crippen LogP contribution >= 0.6 is 11.6 Å². The van der Waals surface area contributed by atoms with Crippen LogP contribution in [0.25, 0.3) is 5.65 Å². The molecule has 1 N–H and O–H groups in total. The Kier molecular flexibility index (Phi) is 5.72. The summed E-state index contributed by atoms with van der Waals surface area (Å²) in [5.74, 6) is -0.0337. The summed E-state index contributed by atoms with van der Waals surface area (Å²) < 4.78 is 1.55. The Hall–Kier alpha value is -2.51. The number of carbonyl (C=O) groups is 1. The average Bonchev–Trinajstić information content (AvgIpc) is 3.09. The van der Waals surface area contributed by atoms with E-state index in [0.717, 1.165) is 11.1 Å². The first-order valence-electron chi connectivity index (χ1n) is 8.78. The predicted molar refractivity (Wildman–Crippen MR) is 105 cm³/mol. The van der Waals surface area contributed by atoms with Gasteiger partial charge in [0.25, 0.3) is 5.91 Å². The summed E-state index contributed by atoms with van der Waals surface area (Å²) in [4.78, 5) is 14.8. The molecule has 3 rings (SSSR count). The molecule has 3 aromatic rings. The molecule has 7 nitrogen and oxygen atoms in total. The number of carbonyl (C=O) groups excluding carboxylic acids is 1. The Bertz CT molecular complexity index is 952. The summed E-state index contributed by atoms with van der Waals surface area (Å²) in [6.07, 6.45) is 1.51. The molecule has 0 unspecified atom stereocenters. The third-order valence-electron chi connectivity index (χ3n) is 4.46. The van der Waals surface area contributed by atoms with Crippen molar-refractivity contribution < 1.29 is 4.79 Å². The van der Waals surface area contributed by atoms with Crippen molar-refractivity contribution in [3.63, 3.8) is 0 Å². The molecule has 1 amide bonds. The number of halogens is 1. The molecular formula is C19H23ClN6O. The maximum atomic E-state index is 12.7. The Morgan fingerprint density at radius 2 is 2.07 bits per heavy atom. The topological polar surface area (TPSA) is 75.4 Å². The quantitative estimate of drug-likeness (QED) is 0.705. The number of fused-ring (bicyclic) bond motifs is 1. The maximum Gasteiger partial charge on any atom is 0.271 e. The minimum atomic E-state index is -0.235. The number of likely N-dealkylation sites (N-methyl/N-ethyl adjacent to an activating group) is 1. The molecule has 0 spiro atoms. The summed E-state index contributed by atoms with van der Waals surface area (Å²) in [5.41, 5.74) is 2.99. The molecule has 0 aliphatic carbocycles. The Morgan fingerprint density at radius 3 is 2.74 bits per heavy atom. The maximum absolute atomic E-state index is 12.7. The van der Waals surface area contributed by atoms with Gasteiger partial charge in [-0.15, -0.1) is 10.2 Å². The van der Waals surface area contributed by atoms with Gasteiger partial charge in [-0.25, -0.2) is 0 Å². The van der Waals surface area contributed by atoms with Gasteiger partial charge in [-0.05, 0) is 43.8 Å². The Labute approximate surface area is 163 Å². The SMILES string of the molecule is CC(C)c1cc(C(=O)NC[C@@H](c2cccc(Cl)c2)N(C)C)nn2cnnc12. The van der Waals surface area contributed by atoms with Crippen molar-refractivity contribution in [2.45, 2.75) is 25.8 Å². The summed E-state index contributed by atoms with van der Waals surface area (Å²) in [5, 5.41) is 16.0. The lowest BCUT2D eigenvalue weighted by molar-refractivity contribution is 0.0935. The van der Waals surface area contributed by atoms with Crippen LogP contribution in [0.1, 0.15) is 47.4 Å². The highest BCUT2D eigenvalue weighted by molar-refractivity contribution is 6.30. The van der Waals surface area contributed by atoms with Gasteiger partial charge in [0.05, 0.1) is 6.04 Å². The van der Waals surface area contributed by atoms with Gasteiger partial charge in [0.1, 0.15) is 12.0 Å². The molecular weight excluding hydrogens is 364 g/mol. The molecule has 142 valence electrons. The van der Waals surface area contributed by atoms with Crippen molar-refractivity contribution in [1.29, 1.82) is 0 Å². The second-order valence-corrected chi connectivity index (χ2v) is 7.42. The lowest BCUT2D eigenvalue weighted by atomic mass is 10.0. The van der Waals surface area contributed by atoms with Gasteiger partial charge >= 0.3 is 0 Å². The van der Waals surface area contributed by atoms with E-state index in [9.17, 15) is 4.79 Å². The van der Waals surface area contributed by atoms with E-state index in [-0.39, 0.29) is 17.9 Å². The van der Waals surface area contributed by atoms with Gasteiger partial charge in [0.2, 0.25) is 0 Å². The molecule has 8 heteroatoms. The van der Waals surface area contributed by atoms with E-state index in [4.69, 9.17) is 11.6 Å². The summed E-state index contributed by atoms with van der Waals surface area (Å²) in [6.45, 7) is 4.53. The van der Waals surface area contributed by atoms with E-state index in [2.05, 4.69) is 20.6 Å². The first-order valence-corrected chi connectivity index (χ1v) is 9.15. The molecule has 0 aliphatic rings. The third-order valence-corrected chi connectivity index (χ3v) is 4.70. The number of hydrogen-bond donors (Lipinski definition) is 1. The number of nitrogens with zero attached hydrogens (tertiary/aromatic N) is 5. The van der Waals surface area contributed by atoms with Gasteiger partial charge in [-0.3, -0.25) is 4.79 Å². The van der Waals surface area contributed by atoms with E-state index >= 15 is 0 Å². The second-order valence-electron chi connectivity index (χ2n) is 6.98. The molecule has 0 radical (unpaired) electrons. The normalized spacial score (nSPS) is 12.7. The van der Waals surface area contributed by atoms with E-state index in [0.29, 0.717) is 22.9 Å². The molecule has 0 aliphatic heterocycles. The molecule has 27 heavy (non-hydrogen) atoms. The van der Waals surface area contributed by atoms with E-state index in [1.54, 1.807) is 10.6 Å². The number of amides is 1. The van der Waals surface area contributed by atoms with E-state index < -0.39 is 0 Å². The zero-order valence-corrected chi connectivity index (χ0v) is 16.6. The van der Waals surface area contributed by atoms with Gasteiger partial charge in [0.15, 0.2) is 5.65 Å². The fourth-order valence-corrected chi connectivity index (χ4v) is 3.18. The summed E-state index contributed by atoms with van der Waals surface area (Å²) in [6, 6.07) is 9.44. The number of hydrogen-bond acceptors (Lipinski definition) is 5. The molecule has 1 aromatic carbocycles. The standard InChI is InChI=1S/C19H23ClN6O/c1-12(2)15-9-16(24-26-11-22-23-18(15)26)19(27)21-10-17(25(3)4)13-6-5-7-14(20)8-13/h5-9,11-12,17H,10H2,1-4H3,(H,21,27)/t17-/m0/s1. The van der Waals surface area contributed by atoms with Gasteiger partial charge in [-0.2, -0.15) is 9.61 Å². The lowest BCUT2D eigenvalue weighted by Crippen LogP contribution is -2.35. The minimum Gasteiger partial charge on any atom is -0.349 e. The van der Waals surface area contributed by atoms with Gasteiger partial charge < -0.3 is 10.2 Å². The molecule has 0 saturated carbocycles. The molecule has 0 bridgehead atoms. The number of benzene rings is 1. The van der Waals surface area contributed by atoms with Crippen molar-refractivity contribution in [1.82, 2.24) is 30.0 Å². The molecule has 2 heterocycles. The van der Waals surface area contributed by atoms with Crippen molar-refractivity contribution in [3.05, 3.63) is 58.5 Å². The first-order chi connectivity index (χ1) is 12.9. The fourth-order valence-electron chi connectivity index (χ4n) is 2.98. The number of nitrogens with one attached hydrogen (secondary N) is 1. The third kappa shape index (κ3) is 4.26. The molecule has 2 aromatic heterocycles. The zero-order valence-electron chi connectivity index (χ0n) is 15.8. The predicted octanol–water partition coefficient (Wildman–Crippen LogP) is 2.93. The Balaban J connectivity index is 1.81. The van der Waals surface area contributed by atoms with Crippen LogP contribution in [0, 0.1) is 0 Å². The highest BCUT2D eigenvalue weighted by Crippen LogP contribution is 2.22. The second kappa shape index (κ2) is 8.02. The van der Waals surface area contributed by atoms with Crippen LogP contribution in [-0.4, -0.2) is 51.3 Å². The lowest BCUT2D eigenvalue weighted by Gasteiger charge is -2.25. The molecule has 1 atom stereocenters. The highest BCUT2D eigenvalue weighted by atomic mass is 35.5. The Morgan fingerprint density at radius 1 is 1.30 bits per heavy atom. The van der Waals surface area contributed by atoms with Gasteiger partial charge in [0, 0.05) is 17.1 Å². The average molecular weight is 387 g/mol. The summed E-state index contributed by atoms with van der Waals surface area (Å²) >= 11 is 6.11. The van der Waals surface area contributed by atoms with Crippen LogP contribution in [0.3, 0.4) is 0 Å². The van der Waals surface area contributed by atoms with Gasteiger partial charge in [-0.1, -0.05) is 37.6 Å².